The maximum atomic E-state index is 14.5. The molecule has 2 bridgehead atoms. The second kappa shape index (κ2) is 10.5. The topological polar surface area (TPSA) is 115 Å². The van der Waals surface area contributed by atoms with E-state index in [1.807, 2.05) is 23.1 Å². The van der Waals surface area contributed by atoms with Crippen LogP contribution in [0.5, 0.6) is 5.75 Å². The van der Waals surface area contributed by atoms with Gasteiger partial charge in [0.2, 0.25) is 15.9 Å². The molecule has 2 aromatic carbocycles. The molecule has 2 saturated heterocycles. The number of fused-ring (bicyclic) bond motifs is 7. The van der Waals surface area contributed by atoms with Gasteiger partial charge in [-0.3, -0.25) is 14.4 Å². The minimum atomic E-state index is -3.73. The molecule has 10 heteroatoms. The number of nitrogens with one attached hydrogen (secondary N) is 1. The normalized spacial score (nSPS) is 23.6. The Kier molecular flexibility index (Phi) is 6.87. The molecule has 3 atom stereocenters. The van der Waals surface area contributed by atoms with Crippen LogP contribution in [-0.2, 0) is 26.2 Å². The third kappa shape index (κ3) is 4.83. The number of amides is 2. The lowest BCUT2D eigenvalue weighted by atomic mass is 9.79. The molecule has 1 aliphatic carbocycles. The molecule has 7 rings (SSSR count). The largest absolute Gasteiger partial charge is 0.497 e. The molecule has 2 amide bonds. The average molecular weight is 604 g/mol. The highest BCUT2D eigenvalue weighted by Crippen LogP contribution is 2.50. The zero-order valence-corrected chi connectivity index (χ0v) is 25.4. The van der Waals surface area contributed by atoms with Gasteiger partial charge < -0.3 is 14.2 Å². The van der Waals surface area contributed by atoms with Gasteiger partial charge in [0.05, 0.1) is 25.0 Å². The summed E-state index contributed by atoms with van der Waals surface area (Å²) in [5.74, 6) is 0.135. The van der Waals surface area contributed by atoms with Gasteiger partial charge in [-0.1, -0.05) is 25.3 Å². The van der Waals surface area contributed by atoms with E-state index >= 15 is 0 Å². The van der Waals surface area contributed by atoms with Crippen molar-refractivity contribution in [1.29, 1.82) is 0 Å². The van der Waals surface area contributed by atoms with E-state index in [4.69, 9.17) is 4.74 Å². The second-order valence-electron chi connectivity index (χ2n) is 12.7. The molecule has 1 saturated carbocycles. The Morgan fingerprint density at radius 2 is 1.67 bits per heavy atom. The van der Waals surface area contributed by atoms with Gasteiger partial charge in [0, 0.05) is 53.5 Å². The number of Topliss-reactive ketones (excluding diaryl/α,β-unsaturated/α-hetero) is 1. The smallest absolute Gasteiger partial charge is 0.264 e. The number of hydrogen-bond acceptors (Lipinski definition) is 6. The van der Waals surface area contributed by atoms with Crippen molar-refractivity contribution in [2.75, 3.05) is 13.4 Å². The van der Waals surface area contributed by atoms with Crippen molar-refractivity contribution in [1.82, 2.24) is 14.2 Å². The molecule has 3 unspecified atom stereocenters. The number of rotatable bonds is 5. The molecule has 43 heavy (non-hydrogen) atoms. The van der Waals surface area contributed by atoms with Crippen LogP contribution in [0.25, 0.3) is 22.2 Å². The van der Waals surface area contributed by atoms with Crippen LogP contribution in [0.2, 0.25) is 0 Å². The van der Waals surface area contributed by atoms with Crippen LogP contribution in [0.15, 0.2) is 36.4 Å². The molecule has 4 heterocycles. The lowest BCUT2D eigenvalue weighted by Gasteiger charge is -2.39. The van der Waals surface area contributed by atoms with E-state index in [1.165, 1.54) is 12.0 Å². The van der Waals surface area contributed by atoms with E-state index in [2.05, 4.69) is 15.4 Å². The van der Waals surface area contributed by atoms with E-state index < -0.39 is 21.8 Å². The lowest BCUT2D eigenvalue weighted by molar-refractivity contribution is -0.140. The van der Waals surface area contributed by atoms with Crippen molar-refractivity contribution in [2.45, 2.75) is 88.3 Å². The number of piperidine rings is 1. The van der Waals surface area contributed by atoms with Gasteiger partial charge in [0.1, 0.15) is 11.5 Å². The molecular formula is C33H37N3O6S. The standard InChI is InChI=1S/C33H37N3O6S/c1-42-24-11-13-25-27(17-24)28(33(39)36-21-9-10-22(36)16-23(37)15-21)18-35-29-14-20(32(38)34-43(2,40)41)8-12-26(29)30(31(25)35)19-6-4-3-5-7-19/h8,11-14,17,19,21-22,28H,3-7,9-10,15-16,18H2,1-2H3,(H,34,38). The van der Waals surface area contributed by atoms with Gasteiger partial charge in [0.25, 0.3) is 5.91 Å². The van der Waals surface area contributed by atoms with Gasteiger partial charge in [-0.05, 0) is 73.1 Å². The first kappa shape index (κ1) is 28.1. The van der Waals surface area contributed by atoms with E-state index in [0.29, 0.717) is 31.1 Å². The summed E-state index contributed by atoms with van der Waals surface area (Å²) >= 11 is 0. The molecule has 3 fully saturated rings. The first-order valence-electron chi connectivity index (χ1n) is 15.3. The first-order chi connectivity index (χ1) is 20.6. The van der Waals surface area contributed by atoms with Crippen molar-refractivity contribution in [2.24, 2.45) is 0 Å². The molecule has 0 spiro atoms. The molecule has 9 nitrogen and oxygen atoms in total. The van der Waals surface area contributed by atoms with Crippen LogP contribution in [0.4, 0.5) is 0 Å². The quantitative estimate of drug-likeness (QED) is 0.445. The molecule has 1 aromatic heterocycles. The summed E-state index contributed by atoms with van der Waals surface area (Å²) in [6.45, 7) is 0.387. The Morgan fingerprint density at radius 1 is 0.953 bits per heavy atom. The second-order valence-corrected chi connectivity index (χ2v) is 14.5. The number of methoxy groups -OCH3 is 1. The number of sulfonamides is 1. The first-order valence-corrected chi connectivity index (χ1v) is 17.2. The summed E-state index contributed by atoms with van der Waals surface area (Å²) in [5, 5.41) is 1.04. The Bertz CT molecular complexity index is 1750. The van der Waals surface area contributed by atoms with Crippen LogP contribution in [-0.4, -0.2) is 60.9 Å². The molecule has 0 radical (unpaired) electrons. The van der Waals surface area contributed by atoms with E-state index in [0.717, 1.165) is 72.5 Å². The van der Waals surface area contributed by atoms with Crippen molar-refractivity contribution in [3.8, 4) is 17.0 Å². The SMILES string of the molecule is COc1ccc2c(c1)C(C(=O)N1C3CCC1CC(=O)C3)Cn1c-2c(C2CCCCC2)c2ccc(C(=O)NS(C)(=O)=O)cc21. The minimum absolute atomic E-state index is 0.0344. The summed E-state index contributed by atoms with van der Waals surface area (Å²) in [6.07, 6.45) is 9.16. The van der Waals surface area contributed by atoms with Crippen LogP contribution in [0.3, 0.4) is 0 Å². The molecule has 1 N–H and O–H groups in total. The molecular weight excluding hydrogens is 566 g/mol. The molecule has 3 aliphatic heterocycles. The minimum Gasteiger partial charge on any atom is -0.497 e. The maximum Gasteiger partial charge on any atom is 0.264 e. The maximum absolute atomic E-state index is 14.5. The number of aromatic nitrogens is 1. The van der Waals surface area contributed by atoms with Crippen molar-refractivity contribution < 1.29 is 27.5 Å². The number of carbonyl (C=O) groups is 3. The summed E-state index contributed by atoms with van der Waals surface area (Å²) in [5.41, 5.74) is 5.32. The number of hydrogen-bond donors (Lipinski definition) is 1. The Hall–Kier alpha value is -3.66. The number of nitrogens with zero attached hydrogens (tertiary/aromatic N) is 2. The average Bonchev–Trinajstić information content (AvgIpc) is 3.46. The zero-order chi connectivity index (χ0) is 30.0. The molecule has 3 aromatic rings. The van der Waals surface area contributed by atoms with Crippen LogP contribution in [0.1, 0.15) is 91.1 Å². The fraction of sp³-hybridized carbons (Fsp3) is 0.485. The number of carbonyl (C=O) groups excluding carboxylic acids is 3. The predicted octanol–water partition coefficient (Wildman–Crippen LogP) is 4.87. The molecule has 4 aliphatic rings. The van der Waals surface area contributed by atoms with Gasteiger partial charge >= 0.3 is 0 Å². The number of benzene rings is 2. The van der Waals surface area contributed by atoms with Gasteiger partial charge in [-0.15, -0.1) is 0 Å². The van der Waals surface area contributed by atoms with Gasteiger partial charge in [-0.2, -0.15) is 0 Å². The predicted molar refractivity (Wildman–Crippen MR) is 163 cm³/mol. The van der Waals surface area contributed by atoms with E-state index in [1.54, 1.807) is 19.2 Å². The highest BCUT2D eigenvalue weighted by molar-refractivity contribution is 7.89. The van der Waals surface area contributed by atoms with Crippen LogP contribution < -0.4 is 9.46 Å². The molecule has 226 valence electrons. The van der Waals surface area contributed by atoms with Crippen LogP contribution >= 0.6 is 0 Å². The summed E-state index contributed by atoms with van der Waals surface area (Å²) in [7, 11) is -2.10. The Balaban J connectivity index is 1.41. The monoisotopic (exact) mass is 603 g/mol. The lowest BCUT2D eigenvalue weighted by Crippen LogP contribution is -2.49. The van der Waals surface area contributed by atoms with Crippen molar-refractivity contribution >= 4 is 38.5 Å². The fourth-order valence-electron chi connectivity index (χ4n) is 8.20. The van der Waals surface area contributed by atoms with Crippen molar-refractivity contribution in [3.63, 3.8) is 0 Å². The highest BCUT2D eigenvalue weighted by Gasteiger charge is 2.46. The Morgan fingerprint density at radius 3 is 2.35 bits per heavy atom. The van der Waals surface area contributed by atoms with Gasteiger partial charge in [-0.25, -0.2) is 13.1 Å². The van der Waals surface area contributed by atoms with E-state index in [-0.39, 0.29) is 29.3 Å². The summed E-state index contributed by atoms with van der Waals surface area (Å²) in [6, 6.07) is 11.3. The third-order valence-corrected chi connectivity index (χ3v) is 10.6. The summed E-state index contributed by atoms with van der Waals surface area (Å²) in [4.78, 5) is 41.8. The fourth-order valence-corrected chi connectivity index (χ4v) is 8.66. The van der Waals surface area contributed by atoms with Gasteiger partial charge in [0.15, 0.2) is 0 Å². The third-order valence-electron chi connectivity index (χ3n) is 10.0. The van der Waals surface area contributed by atoms with Crippen LogP contribution in [0, 0.1) is 0 Å². The zero-order valence-electron chi connectivity index (χ0n) is 24.6. The van der Waals surface area contributed by atoms with E-state index in [9.17, 15) is 22.8 Å². The highest BCUT2D eigenvalue weighted by atomic mass is 32.2. The Labute approximate surface area is 251 Å². The summed E-state index contributed by atoms with van der Waals surface area (Å²) < 4.78 is 33.6. The number of ketones is 1. The number of ether oxygens (including phenoxy) is 1. The van der Waals surface area contributed by atoms with Crippen molar-refractivity contribution in [3.05, 3.63) is 53.1 Å².